The normalized spacial score (nSPS) is 23.9. The Balaban J connectivity index is 2.27. The van der Waals surface area contributed by atoms with Gasteiger partial charge in [0.25, 0.3) is 0 Å². The second-order valence-corrected chi connectivity index (χ2v) is 3.45. The number of hydrogen-bond donors (Lipinski definition) is 3. The predicted octanol–water partition coefficient (Wildman–Crippen LogP) is -0.222. The Kier molecular flexibility index (Phi) is 3.92. The van der Waals surface area contributed by atoms with Crippen molar-refractivity contribution in [3.63, 3.8) is 0 Å². The number of alkyl halides is 3. The van der Waals surface area contributed by atoms with E-state index in [2.05, 4.69) is 10.6 Å². The van der Waals surface area contributed by atoms with Crippen LogP contribution in [0.25, 0.3) is 0 Å². The summed E-state index contributed by atoms with van der Waals surface area (Å²) in [5.74, 6) is -0.490. The number of aliphatic hydroxyl groups excluding tert-OH is 1. The zero-order chi connectivity index (χ0) is 11.5. The first-order valence-electron chi connectivity index (χ1n) is 4.67. The van der Waals surface area contributed by atoms with Gasteiger partial charge < -0.3 is 15.7 Å². The molecule has 2 atom stereocenters. The van der Waals surface area contributed by atoms with Gasteiger partial charge in [-0.15, -0.1) is 0 Å². The minimum atomic E-state index is -4.68. The Bertz CT molecular complexity index is 226. The topological polar surface area (TPSA) is 61.4 Å². The van der Waals surface area contributed by atoms with E-state index in [9.17, 15) is 18.0 Å². The molecule has 1 aliphatic heterocycles. The highest BCUT2D eigenvalue weighted by molar-refractivity contribution is 5.82. The molecule has 0 aliphatic carbocycles. The lowest BCUT2D eigenvalue weighted by Gasteiger charge is -2.16. The van der Waals surface area contributed by atoms with Crippen molar-refractivity contribution in [2.75, 3.05) is 13.1 Å². The fourth-order valence-electron chi connectivity index (χ4n) is 1.34. The molecule has 0 aromatic rings. The molecule has 15 heavy (non-hydrogen) atoms. The summed E-state index contributed by atoms with van der Waals surface area (Å²) in [5, 5.41) is 13.5. The van der Waals surface area contributed by atoms with Crippen LogP contribution in [-0.2, 0) is 4.79 Å². The summed E-state index contributed by atoms with van der Waals surface area (Å²) in [7, 11) is 0. The van der Waals surface area contributed by atoms with Crippen LogP contribution in [0.15, 0.2) is 0 Å². The number of amides is 1. The second-order valence-electron chi connectivity index (χ2n) is 3.45. The molecule has 0 radical (unpaired) electrons. The van der Waals surface area contributed by atoms with Gasteiger partial charge in [-0.2, -0.15) is 13.2 Å². The van der Waals surface area contributed by atoms with Crippen molar-refractivity contribution in [3.05, 3.63) is 0 Å². The third kappa shape index (κ3) is 3.67. The van der Waals surface area contributed by atoms with Crippen LogP contribution < -0.4 is 10.6 Å². The van der Waals surface area contributed by atoms with Crippen molar-refractivity contribution >= 4 is 5.91 Å². The van der Waals surface area contributed by atoms with Crippen LogP contribution in [0.2, 0.25) is 0 Å². The summed E-state index contributed by atoms with van der Waals surface area (Å²) in [6, 6.07) is -0.426. The summed E-state index contributed by atoms with van der Waals surface area (Å²) in [6.07, 6.45) is -5.73. The van der Waals surface area contributed by atoms with Crippen LogP contribution in [0, 0.1) is 0 Å². The van der Waals surface area contributed by atoms with Crippen molar-refractivity contribution in [1.82, 2.24) is 10.6 Å². The number of nitrogens with one attached hydrogen (secondary N) is 2. The molecule has 1 amide bonds. The average molecular weight is 226 g/mol. The SMILES string of the molecule is O=C(NCC(O)C(F)(F)F)[C@H]1CCCN1. The maximum atomic E-state index is 11.9. The molecular weight excluding hydrogens is 213 g/mol. The first-order valence-corrected chi connectivity index (χ1v) is 4.67. The zero-order valence-electron chi connectivity index (χ0n) is 7.97. The fourth-order valence-corrected chi connectivity index (χ4v) is 1.34. The van der Waals surface area contributed by atoms with Crippen LogP contribution in [-0.4, -0.2) is 42.4 Å². The molecule has 3 N–H and O–H groups in total. The van der Waals surface area contributed by atoms with E-state index in [1.165, 1.54) is 0 Å². The van der Waals surface area contributed by atoms with Gasteiger partial charge in [-0.1, -0.05) is 0 Å². The fraction of sp³-hybridized carbons (Fsp3) is 0.875. The summed E-state index contributed by atoms with van der Waals surface area (Å²) in [4.78, 5) is 11.2. The molecule has 4 nitrogen and oxygen atoms in total. The molecule has 0 saturated carbocycles. The first-order chi connectivity index (χ1) is 6.91. The maximum absolute atomic E-state index is 11.9. The second kappa shape index (κ2) is 4.80. The van der Waals surface area contributed by atoms with E-state index in [1.807, 2.05) is 0 Å². The third-order valence-electron chi connectivity index (χ3n) is 2.22. The number of carbonyl (C=O) groups excluding carboxylic acids is 1. The van der Waals surface area contributed by atoms with E-state index in [0.29, 0.717) is 13.0 Å². The van der Waals surface area contributed by atoms with Crippen LogP contribution in [0.4, 0.5) is 13.2 Å². The molecule has 7 heteroatoms. The van der Waals surface area contributed by atoms with Gasteiger partial charge in [-0.25, -0.2) is 0 Å². The van der Waals surface area contributed by atoms with Gasteiger partial charge in [-0.3, -0.25) is 4.79 Å². The molecule has 1 unspecified atom stereocenters. The van der Waals surface area contributed by atoms with E-state index in [-0.39, 0.29) is 0 Å². The highest BCUT2D eigenvalue weighted by Gasteiger charge is 2.38. The Hall–Kier alpha value is -0.820. The van der Waals surface area contributed by atoms with E-state index in [0.717, 1.165) is 6.42 Å². The summed E-state index contributed by atoms with van der Waals surface area (Å²) >= 11 is 0. The van der Waals surface area contributed by atoms with Crippen molar-refractivity contribution < 1.29 is 23.1 Å². The van der Waals surface area contributed by atoms with E-state index in [4.69, 9.17) is 5.11 Å². The summed E-state index contributed by atoms with van der Waals surface area (Å²) in [5.41, 5.74) is 0. The molecular formula is C8H13F3N2O2. The summed E-state index contributed by atoms with van der Waals surface area (Å²) < 4.78 is 35.6. The highest BCUT2D eigenvalue weighted by Crippen LogP contribution is 2.19. The van der Waals surface area contributed by atoms with Crippen LogP contribution in [0.3, 0.4) is 0 Å². The quantitative estimate of drug-likeness (QED) is 0.623. The smallest absolute Gasteiger partial charge is 0.382 e. The van der Waals surface area contributed by atoms with Gasteiger partial charge in [0.1, 0.15) is 0 Å². The molecule has 0 aromatic heterocycles. The number of carbonyl (C=O) groups is 1. The van der Waals surface area contributed by atoms with Crippen molar-refractivity contribution in [1.29, 1.82) is 0 Å². The van der Waals surface area contributed by atoms with E-state index >= 15 is 0 Å². The first kappa shape index (κ1) is 12.3. The minimum absolute atomic E-state index is 0.426. The third-order valence-corrected chi connectivity index (χ3v) is 2.22. The van der Waals surface area contributed by atoms with Crippen LogP contribution in [0.1, 0.15) is 12.8 Å². The Morgan fingerprint density at radius 3 is 2.73 bits per heavy atom. The molecule has 0 aromatic carbocycles. The molecule has 88 valence electrons. The molecule has 1 aliphatic rings. The van der Waals surface area contributed by atoms with Gasteiger partial charge in [-0.05, 0) is 19.4 Å². The Morgan fingerprint density at radius 2 is 2.27 bits per heavy atom. The highest BCUT2D eigenvalue weighted by atomic mass is 19.4. The Morgan fingerprint density at radius 1 is 1.60 bits per heavy atom. The van der Waals surface area contributed by atoms with Gasteiger partial charge in [0.15, 0.2) is 6.10 Å². The number of aliphatic hydroxyl groups is 1. The largest absolute Gasteiger partial charge is 0.416 e. The van der Waals surface area contributed by atoms with Gasteiger partial charge >= 0.3 is 6.18 Å². The monoisotopic (exact) mass is 226 g/mol. The van der Waals surface area contributed by atoms with E-state index in [1.54, 1.807) is 0 Å². The Labute approximate surface area is 84.8 Å². The van der Waals surface area contributed by atoms with E-state index < -0.39 is 30.8 Å². The zero-order valence-corrected chi connectivity index (χ0v) is 7.97. The van der Waals surface area contributed by atoms with Crippen molar-refractivity contribution in [2.24, 2.45) is 0 Å². The minimum Gasteiger partial charge on any atom is -0.382 e. The summed E-state index contributed by atoms with van der Waals surface area (Å²) in [6.45, 7) is -0.0968. The average Bonchev–Trinajstić information content (AvgIpc) is 2.64. The standard InChI is InChI=1S/C8H13F3N2O2/c9-8(10,11)6(14)4-13-7(15)5-2-1-3-12-5/h5-6,12,14H,1-4H2,(H,13,15)/t5-,6?/m1/s1. The molecule has 0 spiro atoms. The molecule has 1 saturated heterocycles. The number of rotatable bonds is 3. The lowest BCUT2D eigenvalue weighted by Crippen LogP contribution is -2.46. The maximum Gasteiger partial charge on any atom is 0.416 e. The van der Waals surface area contributed by atoms with Crippen LogP contribution >= 0.6 is 0 Å². The number of halogens is 3. The lowest BCUT2D eigenvalue weighted by atomic mass is 10.2. The molecule has 1 rings (SSSR count). The predicted molar refractivity (Wildman–Crippen MR) is 46.1 cm³/mol. The van der Waals surface area contributed by atoms with Crippen molar-refractivity contribution in [2.45, 2.75) is 31.2 Å². The lowest BCUT2D eigenvalue weighted by molar-refractivity contribution is -0.201. The van der Waals surface area contributed by atoms with Crippen LogP contribution in [0.5, 0.6) is 0 Å². The van der Waals surface area contributed by atoms with Gasteiger partial charge in [0.05, 0.1) is 12.6 Å². The van der Waals surface area contributed by atoms with Gasteiger partial charge in [0, 0.05) is 0 Å². The number of hydrogen-bond acceptors (Lipinski definition) is 3. The molecule has 1 heterocycles. The molecule has 1 fully saturated rings. The van der Waals surface area contributed by atoms with Gasteiger partial charge in [0.2, 0.25) is 5.91 Å². The van der Waals surface area contributed by atoms with Crippen molar-refractivity contribution in [3.8, 4) is 0 Å². The molecule has 0 bridgehead atoms.